The molecular weight excluding hydrogens is 318 g/mol. The van der Waals surface area contributed by atoms with Crippen LogP contribution in [0.1, 0.15) is 51.0 Å². The van der Waals surface area contributed by atoms with Gasteiger partial charge in [0.15, 0.2) is 0 Å². The van der Waals surface area contributed by atoms with Crippen molar-refractivity contribution in [2.24, 2.45) is 0 Å². The molecule has 1 aromatic carbocycles. The monoisotopic (exact) mass is 339 g/mol. The minimum absolute atomic E-state index is 0.289. The summed E-state index contributed by atoms with van der Waals surface area (Å²) < 4.78 is 0.908. The Morgan fingerprint density at radius 3 is 2.50 bits per heavy atom. The number of hydrogen-bond acceptors (Lipinski definition) is 2. The number of rotatable bonds is 4. The molecule has 0 amide bonds. The molecule has 0 bridgehead atoms. The molecule has 0 heterocycles. The van der Waals surface area contributed by atoms with Gasteiger partial charge in [0, 0.05) is 10.5 Å². The number of nitrogens with one attached hydrogen (secondary N) is 1. The van der Waals surface area contributed by atoms with Crippen LogP contribution in [0.25, 0.3) is 0 Å². The Morgan fingerprint density at radius 1 is 1.30 bits per heavy atom. The summed E-state index contributed by atoms with van der Waals surface area (Å²) in [6.07, 6.45) is 7.03. The lowest BCUT2D eigenvalue weighted by Crippen LogP contribution is -2.51. The number of benzene rings is 1. The Hall–Kier alpha value is -0.870. The van der Waals surface area contributed by atoms with E-state index in [-0.39, 0.29) is 6.04 Å². The Morgan fingerprint density at radius 2 is 1.95 bits per heavy atom. The van der Waals surface area contributed by atoms with E-state index in [1.54, 1.807) is 6.92 Å². The summed E-state index contributed by atoms with van der Waals surface area (Å²) in [6.45, 7) is 1.77. The third-order valence-corrected chi connectivity index (χ3v) is 4.67. The first-order valence-corrected chi connectivity index (χ1v) is 8.09. The van der Waals surface area contributed by atoms with Crippen molar-refractivity contribution in [1.82, 2.24) is 5.32 Å². The van der Waals surface area contributed by atoms with Crippen LogP contribution in [0.15, 0.2) is 28.7 Å². The van der Waals surface area contributed by atoms with Gasteiger partial charge in [0.25, 0.3) is 0 Å². The van der Waals surface area contributed by atoms with Gasteiger partial charge in [0.05, 0.1) is 0 Å². The Kier molecular flexibility index (Phi) is 5.22. The maximum absolute atomic E-state index is 11.8. The molecule has 0 spiro atoms. The Balaban J connectivity index is 2.22. The third-order valence-electron chi connectivity index (χ3n) is 4.18. The van der Waals surface area contributed by atoms with E-state index in [0.717, 1.165) is 22.9 Å². The van der Waals surface area contributed by atoms with Crippen LogP contribution in [0.3, 0.4) is 0 Å². The summed E-state index contributed by atoms with van der Waals surface area (Å²) in [6, 6.07) is 7.85. The molecule has 1 saturated carbocycles. The first-order chi connectivity index (χ1) is 9.52. The Labute approximate surface area is 128 Å². The van der Waals surface area contributed by atoms with Crippen LogP contribution < -0.4 is 5.32 Å². The highest BCUT2D eigenvalue weighted by Gasteiger charge is 2.37. The predicted molar refractivity (Wildman–Crippen MR) is 83.8 cm³/mol. The third kappa shape index (κ3) is 3.61. The first kappa shape index (κ1) is 15.5. The number of carboxylic acid groups (broad SMARTS) is 1. The molecule has 1 aliphatic carbocycles. The lowest BCUT2D eigenvalue weighted by atomic mass is 9.90. The van der Waals surface area contributed by atoms with E-state index < -0.39 is 11.5 Å². The molecule has 4 heteroatoms. The van der Waals surface area contributed by atoms with Crippen LogP contribution >= 0.6 is 15.9 Å². The van der Waals surface area contributed by atoms with Gasteiger partial charge in [-0.05, 0) is 37.5 Å². The lowest BCUT2D eigenvalue weighted by molar-refractivity contribution is -0.145. The maximum Gasteiger partial charge on any atom is 0.328 e. The molecule has 0 aliphatic heterocycles. The van der Waals surface area contributed by atoms with Crippen LogP contribution in [-0.4, -0.2) is 17.1 Å². The average molecular weight is 340 g/mol. The summed E-state index contributed by atoms with van der Waals surface area (Å²) in [5.41, 5.74) is -0.234. The molecule has 0 saturated heterocycles. The smallest absolute Gasteiger partial charge is 0.328 e. The van der Waals surface area contributed by atoms with E-state index in [4.69, 9.17) is 0 Å². The van der Waals surface area contributed by atoms with Gasteiger partial charge in [-0.15, -0.1) is 0 Å². The largest absolute Gasteiger partial charge is 0.480 e. The van der Waals surface area contributed by atoms with E-state index in [2.05, 4.69) is 21.2 Å². The highest BCUT2D eigenvalue weighted by atomic mass is 79.9. The van der Waals surface area contributed by atoms with Crippen molar-refractivity contribution >= 4 is 21.9 Å². The summed E-state index contributed by atoms with van der Waals surface area (Å²) >= 11 is 3.42. The van der Waals surface area contributed by atoms with Crippen molar-refractivity contribution in [2.45, 2.75) is 57.0 Å². The average Bonchev–Trinajstić information content (AvgIpc) is 2.67. The molecule has 1 aliphatic rings. The molecule has 20 heavy (non-hydrogen) atoms. The van der Waals surface area contributed by atoms with Gasteiger partial charge in [0.2, 0.25) is 0 Å². The van der Waals surface area contributed by atoms with E-state index >= 15 is 0 Å². The lowest BCUT2D eigenvalue weighted by Gasteiger charge is -2.32. The molecule has 110 valence electrons. The molecule has 2 N–H and O–H groups in total. The van der Waals surface area contributed by atoms with Crippen molar-refractivity contribution in [2.75, 3.05) is 0 Å². The second-order valence-electron chi connectivity index (χ2n) is 5.77. The van der Waals surface area contributed by atoms with E-state index in [9.17, 15) is 9.90 Å². The van der Waals surface area contributed by atoms with Crippen LogP contribution in [0.2, 0.25) is 0 Å². The van der Waals surface area contributed by atoms with Gasteiger partial charge in [-0.2, -0.15) is 0 Å². The second kappa shape index (κ2) is 6.72. The summed E-state index contributed by atoms with van der Waals surface area (Å²) in [7, 11) is 0. The first-order valence-electron chi connectivity index (χ1n) is 7.29. The maximum atomic E-state index is 11.8. The quantitative estimate of drug-likeness (QED) is 0.813. The number of halogens is 1. The molecule has 2 rings (SSSR count). The van der Waals surface area contributed by atoms with Crippen molar-refractivity contribution in [1.29, 1.82) is 0 Å². The fraction of sp³-hybridized carbons (Fsp3) is 0.562. The fourth-order valence-corrected chi connectivity index (χ4v) is 3.30. The molecule has 1 unspecified atom stereocenters. The van der Waals surface area contributed by atoms with Crippen LogP contribution in [0.4, 0.5) is 0 Å². The standard InChI is InChI=1S/C16H22BrNO2/c1-16(15(19)20,12-7-6-8-13(17)11-12)18-14-9-4-2-3-5-10-14/h6-8,11,14,18H,2-5,9-10H2,1H3,(H,19,20). The summed E-state index contributed by atoms with van der Waals surface area (Å²) in [4.78, 5) is 11.8. The van der Waals surface area contributed by atoms with Crippen molar-refractivity contribution in [3.8, 4) is 0 Å². The Bertz CT molecular complexity index is 469. The SMILES string of the molecule is CC(NC1CCCCCC1)(C(=O)O)c1cccc(Br)c1. The molecular formula is C16H22BrNO2. The molecule has 3 nitrogen and oxygen atoms in total. The van der Waals surface area contributed by atoms with Gasteiger partial charge >= 0.3 is 5.97 Å². The number of carboxylic acids is 1. The summed E-state index contributed by atoms with van der Waals surface area (Å²) in [5.74, 6) is -0.820. The van der Waals surface area contributed by atoms with Gasteiger partial charge < -0.3 is 5.11 Å². The van der Waals surface area contributed by atoms with Crippen molar-refractivity contribution < 1.29 is 9.90 Å². The minimum Gasteiger partial charge on any atom is -0.480 e. The second-order valence-corrected chi connectivity index (χ2v) is 6.69. The zero-order valence-corrected chi connectivity index (χ0v) is 13.4. The van der Waals surface area contributed by atoms with Gasteiger partial charge in [-0.25, -0.2) is 4.79 Å². The van der Waals surface area contributed by atoms with Gasteiger partial charge in [-0.3, -0.25) is 5.32 Å². The van der Waals surface area contributed by atoms with Crippen LogP contribution in [0.5, 0.6) is 0 Å². The number of carbonyl (C=O) groups is 1. The predicted octanol–water partition coefficient (Wildman–Crippen LogP) is 4.06. The summed E-state index contributed by atoms with van der Waals surface area (Å²) in [5, 5.41) is 13.1. The van der Waals surface area contributed by atoms with Gasteiger partial charge in [0.1, 0.15) is 5.54 Å². The molecule has 1 atom stereocenters. The normalized spacial score (nSPS) is 20.1. The highest BCUT2D eigenvalue weighted by molar-refractivity contribution is 9.10. The van der Waals surface area contributed by atoms with Crippen LogP contribution in [0, 0.1) is 0 Å². The molecule has 1 aromatic rings. The molecule has 1 fully saturated rings. The van der Waals surface area contributed by atoms with E-state index in [0.29, 0.717) is 0 Å². The molecule has 0 radical (unpaired) electrons. The van der Waals surface area contributed by atoms with Gasteiger partial charge in [-0.1, -0.05) is 53.7 Å². The zero-order chi connectivity index (χ0) is 14.6. The number of hydrogen-bond donors (Lipinski definition) is 2. The fourth-order valence-electron chi connectivity index (χ4n) is 2.90. The number of aliphatic carboxylic acids is 1. The van der Waals surface area contributed by atoms with E-state index in [1.165, 1.54) is 25.7 Å². The topological polar surface area (TPSA) is 49.3 Å². The van der Waals surface area contributed by atoms with Crippen LogP contribution in [-0.2, 0) is 10.3 Å². The van der Waals surface area contributed by atoms with Crippen molar-refractivity contribution in [3.05, 3.63) is 34.3 Å². The minimum atomic E-state index is -1.03. The zero-order valence-electron chi connectivity index (χ0n) is 11.9. The highest BCUT2D eigenvalue weighted by Crippen LogP contribution is 2.27. The van der Waals surface area contributed by atoms with E-state index in [1.807, 2.05) is 24.3 Å². The van der Waals surface area contributed by atoms with Crippen molar-refractivity contribution in [3.63, 3.8) is 0 Å². The molecule has 0 aromatic heterocycles.